The molecule has 5 heteroatoms. The van der Waals surface area contributed by atoms with E-state index in [1.165, 1.54) is 4.68 Å². The predicted octanol–water partition coefficient (Wildman–Crippen LogP) is 1.82. The Morgan fingerprint density at radius 2 is 2.33 bits per heavy atom. The lowest BCUT2D eigenvalue weighted by molar-refractivity contribution is 0.549. The van der Waals surface area contributed by atoms with Crippen molar-refractivity contribution in [1.82, 2.24) is 9.78 Å². The third-order valence-electron chi connectivity index (χ3n) is 0.884. The minimum absolute atomic E-state index is 0.341. The molecule has 0 aliphatic heterocycles. The highest BCUT2D eigenvalue weighted by molar-refractivity contribution is 14.1. The molecule has 1 aromatic heterocycles. The monoisotopic (exact) mass is 260 g/mol. The molecule has 0 N–H and O–H groups in total. The molecule has 0 saturated heterocycles. The van der Waals surface area contributed by atoms with Crippen molar-refractivity contribution in [2.45, 2.75) is 0 Å². The number of halogens is 3. The van der Waals surface area contributed by atoms with E-state index in [-0.39, 0.29) is 0 Å². The van der Waals surface area contributed by atoms with Crippen molar-refractivity contribution in [2.75, 3.05) is 0 Å². The zero-order chi connectivity index (χ0) is 7.02. The van der Waals surface area contributed by atoms with Crippen LogP contribution in [0.25, 0.3) is 0 Å². The van der Waals surface area contributed by atoms with Gasteiger partial charge in [0.2, 0.25) is 5.95 Å². The minimum atomic E-state index is -0.511. The molecule has 0 aromatic carbocycles. The second kappa shape index (κ2) is 2.42. The molecule has 0 aliphatic rings. The van der Waals surface area contributed by atoms with Crippen molar-refractivity contribution in [3.8, 4) is 0 Å². The van der Waals surface area contributed by atoms with Crippen LogP contribution in [0.1, 0.15) is 0 Å². The molecule has 0 radical (unpaired) electrons. The molecule has 0 unspecified atom stereocenters. The van der Waals surface area contributed by atoms with Crippen molar-refractivity contribution in [3.63, 3.8) is 0 Å². The second-order valence-electron chi connectivity index (χ2n) is 1.52. The lowest BCUT2D eigenvalue weighted by atomic mass is 10.7. The summed E-state index contributed by atoms with van der Waals surface area (Å²) < 4.78 is 14.0. The maximum atomic E-state index is 12.4. The van der Waals surface area contributed by atoms with Gasteiger partial charge in [-0.1, -0.05) is 11.6 Å². The van der Waals surface area contributed by atoms with E-state index in [0.29, 0.717) is 8.72 Å². The first-order valence-electron chi connectivity index (χ1n) is 2.16. The van der Waals surface area contributed by atoms with Gasteiger partial charge in [0.15, 0.2) is 0 Å². The maximum absolute atomic E-state index is 12.4. The van der Waals surface area contributed by atoms with E-state index in [0.717, 1.165) is 0 Å². The van der Waals surface area contributed by atoms with Gasteiger partial charge < -0.3 is 0 Å². The van der Waals surface area contributed by atoms with Gasteiger partial charge in [0.25, 0.3) is 0 Å². The van der Waals surface area contributed by atoms with Gasteiger partial charge in [0.05, 0.1) is 0 Å². The largest absolute Gasteiger partial charge is 0.253 e. The molecule has 9 heavy (non-hydrogen) atoms. The lowest BCUT2D eigenvalue weighted by Crippen LogP contribution is -1.89. The summed E-state index contributed by atoms with van der Waals surface area (Å²) in [6.07, 6.45) is 0. The molecule has 0 spiro atoms. The van der Waals surface area contributed by atoms with Gasteiger partial charge in [-0.25, -0.2) is 0 Å². The summed E-state index contributed by atoms with van der Waals surface area (Å²) in [5.41, 5.74) is 0. The number of rotatable bonds is 0. The number of nitrogens with zero attached hydrogens (tertiary/aromatic N) is 2. The van der Waals surface area contributed by atoms with Crippen LogP contribution in [0.15, 0.2) is 0 Å². The summed E-state index contributed by atoms with van der Waals surface area (Å²) in [5, 5.41) is 3.76. The third-order valence-corrected chi connectivity index (χ3v) is 2.59. The molecular weight excluding hydrogens is 257 g/mol. The van der Waals surface area contributed by atoms with Crippen LogP contribution >= 0.6 is 34.2 Å². The fourth-order valence-electron chi connectivity index (χ4n) is 0.447. The molecule has 0 aliphatic carbocycles. The number of hydrogen-bond donors (Lipinski definition) is 0. The van der Waals surface area contributed by atoms with E-state index >= 15 is 0 Å². The summed E-state index contributed by atoms with van der Waals surface area (Å²) in [4.78, 5) is 0. The number of aromatic nitrogens is 2. The van der Waals surface area contributed by atoms with E-state index < -0.39 is 5.95 Å². The van der Waals surface area contributed by atoms with Crippen LogP contribution in [0.2, 0.25) is 5.15 Å². The summed E-state index contributed by atoms with van der Waals surface area (Å²) >= 11 is 7.35. The van der Waals surface area contributed by atoms with Crippen molar-refractivity contribution in [2.24, 2.45) is 7.05 Å². The quantitative estimate of drug-likeness (QED) is 0.651. The zero-order valence-corrected chi connectivity index (χ0v) is 7.44. The molecule has 0 saturated carbocycles. The highest BCUT2D eigenvalue weighted by atomic mass is 127. The van der Waals surface area contributed by atoms with Gasteiger partial charge in [-0.2, -0.15) is 4.39 Å². The molecular formula is C4H3ClFIN2. The van der Waals surface area contributed by atoms with Crippen molar-refractivity contribution < 1.29 is 4.39 Å². The fourth-order valence-corrected chi connectivity index (χ4v) is 1.02. The molecule has 0 atom stereocenters. The number of aryl methyl sites for hydroxylation is 1. The van der Waals surface area contributed by atoms with Gasteiger partial charge in [-0.3, -0.25) is 4.68 Å². The Morgan fingerprint density at radius 3 is 2.44 bits per heavy atom. The molecule has 50 valence electrons. The molecule has 1 aromatic rings. The Bertz CT molecular complexity index is 212. The van der Waals surface area contributed by atoms with Crippen LogP contribution in [-0.2, 0) is 7.05 Å². The van der Waals surface area contributed by atoms with Crippen LogP contribution in [0.3, 0.4) is 0 Å². The highest BCUT2D eigenvalue weighted by Crippen LogP contribution is 2.19. The Kier molecular flexibility index (Phi) is 1.95. The highest BCUT2D eigenvalue weighted by Gasteiger charge is 2.09. The van der Waals surface area contributed by atoms with E-state index in [1.54, 1.807) is 29.6 Å². The Morgan fingerprint density at radius 1 is 1.78 bits per heavy atom. The minimum Gasteiger partial charge on any atom is -0.253 e. The second-order valence-corrected chi connectivity index (χ2v) is 2.96. The molecule has 0 fully saturated rings. The van der Waals surface area contributed by atoms with Gasteiger partial charge in [0.1, 0.15) is 8.72 Å². The topological polar surface area (TPSA) is 17.8 Å². The summed E-state index contributed by atoms with van der Waals surface area (Å²) in [5.74, 6) is -0.511. The smallest absolute Gasteiger partial charge is 0.247 e. The van der Waals surface area contributed by atoms with Crippen LogP contribution in [0, 0.1) is 9.52 Å². The van der Waals surface area contributed by atoms with Gasteiger partial charge in [0, 0.05) is 7.05 Å². The fraction of sp³-hybridized carbons (Fsp3) is 0.250. The Labute approximate surface area is 70.1 Å². The molecule has 1 rings (SSSR count). The maximum Gasteiger partial charge on any atom is 0.247 e. The van der Waals surface area contributed by atoms with E-state index in [1.807, 2.05) is 0 Å². The van der Waals surface area contributed by atoms with Crippen LogP contribution in [-0.4, -0.2) is 9.78 Å². The number of hydrogen-bond acceptors (Lipinski definition) is 1. The lowest BCUT2D eigenvalue weighted by Gasteiger charge is -1.86. The van der Waals surface area contributed by atoms with Gasteiger partial charge in [-0.05, 0) is 22.6 Å². The van der Waals surface area contributed by atoms with Crippen LogP contribution in [0.5, 0.6) is 0 Å². The van der Waals surface area contributed by atoms with E-state index in [9.17, 15) is 4.39 Å². The zero-order valence-electron chi connectivity index (χ0n) is 4.53. The standard InChI is InChI=1S/C4H3ClFIN2/c1-9-3(5)2(7)4(6)8-9/h1H3. The molecule has 0 amide bonds. The van der Waals surface area contributed by atoms with Gasteiger partial charge in [-0.15, -0.1) is 5.10 Å². The summed E-state index contributed by atoms with van der Waals surface area (Å²) in [6.45, 7) is 0. The van der Waals surface area contributed by atoms with E-state index in [4.69, 9.17) is 11.6 Å². The normalized spacial score (nSPS) is 10.2. The Balaban J connectivity index is 3.29. The molecule has 2 nitrogen and oxygen atoms in total. The first-order valence-corrected chi connectivity index (χ1v) is 3.62. The average molecular weight is 260 g/mol. The van der Waals surface area contributed by atoms with Crippen LogP contribution < -0.4 is 0 Å². The Hall–Kier alpha value is 0.160. The van der Waals surface area contributed by atoms with Crippen molar-refractivity contribution in [1.29, 1.82) is 0 Å². The predicted molar refractivity (Wildman–Crippen MR) is 40.9 cm³/mol. The third kappa shape index (κ3) is 1.19. The summed E-state index contributed by atoms with van der Waals surface area (Å²) in [7, 11) is 1.59. The SMILES string of the molecule is Cn1nc(F)c(I)c1Cl. The van der Waals surface area contributed by atoms with Crippen LogP contribution in [0.4, 0.5) is 4.39 Å². The molecule has 0 bridgehead atoms. The first kappa shape index (κ1) is 7.27. The molecule has 1 heterocycles. The van der Waals surface area contributed by atoms with E-state index in [2.05, 4.69) is 5.10 Å². The average Bonchev–Trinajstić information content (AvgIpc) is 1.98. The van der Waals surface area contributed by atoms with Crippen molar-refractivity contribution >= 4 is 34.2 Å². The first-order chi connectivity index (χ1) is 4.13. The summed E-state index contributed by atoms with van der Waals surface area (Å²) in [6, 6.07) is 0. The van der Waals surface area contributed by atoms with Crippen molar-refractivity contribution in [3.05, 3.63) is 14.7 Å². The van der Waals surface area contributed by atoms with Gasteiger partial charge >= 0.3 is 0 Å².